The van der Waals surface area contributed by atoms with Gasteiger partial charge in [-0.05, 0) is 58.0 Å². The molecule has 0 saturated heterocycles. The molecule has 156 valence electrons. The molecule has 0 saturated carbocycles. The van der Waals surface area contributed by atoms with Gasteiger partial charge in [0.15, 0.2) is 5.76 Å². The van der Waals surface area contributed by atoms with Gasteiger partial charge in [-0.1, -0.05) is 0 Å². The van der Waals surface area contributed by atoms with Gasteiger partial charge in [0, 0.05) is 49.2 Å². The van der Waals surface area contributed by atoms with Gasteiger partial charge in [-0.25, -0.2) is 4.79 Å². The van der Waals surface area contributed by atoms with Crippen molar-refractivity contribution in [2.45, 2.75) is 27.7 Å². The summed E-state index contributed by atoms with van der Waals surface area (Å²) in [5, 5.41) is 0. The first kappa shape index (κ1) is 20.0. The number of cyclic esters (lactones) is 1. The second-order valence-corrected chi connectivity index (χ2v) is 7.23. The Hall–Kier alpha value is -3.28. The molecule has 4 rings (SSSR count). The number of nitrogens with zero attached hydrogens (tertiary/aromatic N) is 2. The van der Waals surface area contributed by atoms with Crippen LogP contribution in [0.4, 0.5) is 11.4 Å². The van der Waals surface area contributed by atoms with Crippen molar-refractivity contribution < 1.29 is 19.1 Å². The van der Waals surface area contributed by atoms with Crippen molar-refractivity contribution in [2.75, 3.05) is 36.0 Å². The van der Waals surface area contributed by atoms with Crippen LogP contribution in [0.2, 0.25) is 0 Å². The van der Waals surface area contributed by atoms with Crippen molar-refractivity contribution in [2.24, 2.45) is 0 Å². The molecule has 6 nitrogen and oxygen atoms in total. The fraction of sp³-hybridized carbons (Fsp3) is 0.333. The number of esters is 1. The van der Waals surface area contributed by atoms with Gasteiger partial charge in [0.05, 0.1) is 11.1 Å². The van der Waals surface area contributed by atoms with E-state index in [4.69, 9.17) is 9.47 Å². The number of fused-ring (bicyclic) bond motifs is 2. The Morgan fingerprint density at radius 2 is 1.23 bits per heavy atom. The van der Waals surface area contributed by atoms with E-state index >= 15 is 0 Å². The number of hydrogen-bond acceptors (Lipinski definition) is 6. The highest BCUT2D eigenvalue weighted by atomic mass is 16.6. The summed E-state index contributed by atoms with van der Waals surface area (Å²) in [5.41, 5.74) is 3.50. The van der Waals surface area contributed by atoms with Gasteiger partial charge in [-0.2, -0.15) is 0 Å². The summed E-state index contributed by atoms with van der Waals surface area (Å²) in [7, 11) is 0. The highest BCUT2D eigenvalue weighted by molar-refractivity contribution is 6.18. The van der Waals surface area contributed by atoms with Gasteiger partial charge in [0.25, 0.3) is 0 Å². The first-order chi connectivity index (χ1) is 14.5. The second-order valence-electron chi connectivity index (χ2n) is 7.23. The summed E-state index contributed by atoms with van der Waals surface area (Å²) >= 11 is 0. The molecule has 2 aliphatic rings. The molecule has 0 bridgehead atoms. The molecule has 2 heterocycles. The van der Waals surface area contributed by atoms with E-state index in [9.17, 15) is 9.59 Å². The summed E-state index contributed by atoms with van der Waals surface area (Å²) in [5.74, 6) is 0.0474. The predicted octanol–water partition coefficient (Wildman–Crippen LogP) is 4.49. The molecule has 0 atom stereocenters. The smallest absolute Gasteiger partial charge is 0.344 e. The normalized spacial score (nSPS) is 16.8. The van der Waals surface area contributed by atoms with Gasteiger partial charge in [-0.3, -0.25) is 4.79 Å². The lowest BCUT2D eigenvalue weighted by Gasteiger charge is -2.21. The molecule has 0 aliphatic carbocycles. The van der Waals surface area contributed by atoms with Crippen LogP contribution < -0.4 is 14.5 Å². The molecule has 0 fully saturated rings. The third-order valence-electron chi connectivity index (χ3n) is 5.75. The van der Waals surface area contributed by atoms with E-state index in [1.54, 1.807) is 12.1 Å². The third kappa shape index (κ3) is 3.12. The number of carbonyl (C=O) groups excluding carboxylic acids is 2. The maximum atomic E-state index is 13.1. The molecule has 0 N–H and O–H groups in total. The SMILES string of the molecule is CCN(CC)c1ccc2c(c1)O/C(=C1/OC(=O)c3ccc(N(CC)CC)cc31)C2=O. The van der Waals surface area contributed by atoms with E-state index in [-0.39, 0.29) is 17.3 Å². The van der Waals surface area contributed by atoms with Crippen LogP contribution in [0, 0.1) is 0 Å². The van der Waals surface area contributed by atoms with E-state index in [0.29, 0.717) is 22.4 Å². The van der Waals surface area contributed by atoms with Crippen molar-refractivity contribution in [3.05, 3.63) is 58.8 Å². The highest BCUT2D eigenvalue weighted by Crippen LogP contribution is 2.41. The summed E-state index contributed by atoms with van der Waals surface area (Å²) in [6, 6.07) is 11.1. The largest absolute Gasteiger partial charge is 0.448 e. The molecular weight excluding hydrogens is 380 g/mol. The van der Waals surface area contributed by atoms with Crippen LogP contribution >= 0.6 is 0 Å². The van der Waals surface area contributed by atoms with Crippen molar-refractivity contribution in [1.82, 2.24) is 0 Å². The molecule has 0 radical (unpaired) electrons. The molecule has 2 aromatic carbocycles. The number of hydrogen-bond donors (Lipinski definition) is 0. The fourth-order valence-corrected chi connectivity index (χ4v) is 4.05. The Morgan fingerprint density at radius 1 is 0.667 bits per heavy atom. The minimum Gasteiger partial charge on any atom is -0.448 e. The number of ketones is 1. The van der Waals surface area contributed by atoms with Crippen LogP contribution in [0.3, 0.4) is 0 Å². The lowest BCUT2D eigenvalue weighted by molar-refractivity contribution is 0.0710. The Balaban J connectivity index is 1.77. The highest BCUT2D eigenvalue weighted by Gasteiger charge is 2.38. The standard InChI is InChI=1S/C24H26N2O4/c1-5-25(6-2)15-9-11-17-19(13-15)22(30-24(17)28)23-21(27)18-12-10-16(14-20(18)29-23)26(7-3)8-4/h9-14H,5-8H2,1-4H3/b23-22+. The zero-order valence-electron chi connectivity index (χ0n) is 17.8. The van der Waals surface area contributed by atoms with Gasteiger partial charge in [0.1, 0.15) is 5.75 Å². The molecule has 2 aromatic rings. The van der Waals surface area contributed by atoms with E-state index < -0.39 is 5.97 Å². The van der Waals surface area contributed by atoms with Gasteiger partial charge < -0.3 is 19.3 Å². The van der Waals surface area contributed by atoms with Gasteiger partial charge >= 0.3 is 5.97 Å². The molecule has 6 heteroatoms. The topological polar surface area (TPSA) is 59.1 Å². The Morgan fingerprint density at radius 3 is 1.83 bits per heavy atom. The number of allylic oxidation sites excluding steroid dienone is 1. The molecule has 0 spiro atoms. The third-order valence-corrected chi connectivity index (χ3v) is 5.75. The van der Waals surface area contributed by atoms with Crippen LogP contribution in [0.5, 0.6) is 5.75 Å². The average Bonchev–Trinajstić information content (AvgIpc) is 3.26. The van der Waals surface area contributed by atoms with Crippen molar-refractivity contribution in [3.63, 3.8) is 0 Å². The zero-order chi connectivity index (χ0) is 21.4. The summed E-state index contributed by atoms with van der Waals surface area (Å²) in [6.07, 6.45) is 0. The lowest BCUT2D eigenvalue weighted by Crippen LogP contribution is -2.21. The van der Waals surface area contributed by atoms with Crippen molar-refractivity contribution in [1.29, 1.82) is 0 Å². The average molecular weight is 406 g/mol. The van der Waals surface area contributed by atoms with E-state index in [1.165, 1.54) is 0 Å². The number of anilines is 2. The minimum absolute atomic E-state index is 0.0745. The number of benzene rings is 2. The Kier molecular flexibility index (Phi) is 5.24. The first-order valence-electron chi connectivity index (χ1n) is 10.5. The first-order valence-corrected chi connectivity index (χ1v) is 10.5. The van der Waals surface area contributed by atoms with E-state index in [0.717, 1.165) is 37.6 Å². The van der Waals surface area contributed by atoms with Crippen molar-refractivity contribution in [3.8, 4) is 5.75 Å². The molecule has 0 aromatic heterocycles. The molecule has 0 amide bonds. The van der Waals surface area contributed by atoms with Crippen LogP contribution in [0.1, 0.15) is 54.0 Å². The predicted molar refractivity (Wildman–Crippen MR) is 117 cm³/mol. The van der Waals surface area contributed by atoms with Crippen LogP contribution in [-0.4, -0.2) is 37.9 Å². The molecule has 30 heavy (non-hydrogen) atoms. The van der Waals surface area contributed by atoms with Crippen LogP contribution in [0.25, 0.3) is 5.76 Å². The quantitative estimate of drug-likeness (QED) is 0.520. The summed E-state index contributed by atoms with van der Waals surface area (Å²) in [6.45, 7) is 11.7. The number of Topliss-reactive ketones (excluding diaryl/α,β-unsaturated/α-hetero) is 1. The van der Waals surface area contributed by atoms with Crippen molar-refractivity contribution >= 4 is 28.9 Å². The maximum Gasteiger partial charge on any atom is 0.344 e. The number of rotatable bonds is 6. The maximum absolute atomic E-state index is 13.1. The van der Waals surface area contributed by atoms with Crippen LogP contribution in [0.15, 0.2) is 42.2 Å². The Bertz CT molecular complexity index is 1050. The summed E-state index contributed by atoms with van der Waals surface area (Å²) in [4.78, 5) is 29.8. The lowest BCUT2D eigenvalue weighted by atomic mass is 10.0. The van der Waals surface area contributed by atoms with E-state index in [2.05, 4.69) is 37.5 Å². The second kappa shape index (κ2) is 7.86. The molecule has 0 unspecified atom stereocenters. The molecular formula is C24H26N2O4. The number of ether oxygens (including phenoxy) is 2. The van der Waals surface area contributed by atoms with Crippen LogP contribution in [-0.2, 0) is 4.74 Å². The van der Waals surface area contributed by atoms with E-state index in [1.807, 2.05) is 24.3 Å². The monoisotopic (exact) mass is 406 g/mol. The summed E-state index contributed by atoms with van der Waals surface area (Å²) < 4.78 is 11.5. The van der Waals surface area contributed by atoms with Gasteiger partial charge in [-0.15, -0.1) is 0 Å². The molecule has 2 aliphatic heterocycles. The Labute approximate surface area is 176 Å². The minimum atomic E-state index is -0.463. The van der Waals surface area contributed by atoms with Gasteiger partial charge in [0.2, 0.25) is 11.5 Å². The number of carbonyl (C=O) groups is 2. The fourth-order valence-electron chi connectivity index (χ4n) is 4.05. The zero-order valence-corrected chi connectivity index (χ0v) is 17.8.